The molecule has 1 aromatic rings. The summed E-state index contributed by atoms with van der Waals surface area (Å²) in [5.41, 5.74) is 0.638. The van der Waals surface area contributed by atoms with Gasteiger partial charge in [-0.05, 0) is 41.9 Å². The molecule has 0 bridgehead atoms. The van der Waals surface area contributed by atoms with Gasteiger partial charge in [0.25, 0.3) is 5.91 Å². The summed E-state index contributed by atoms with van der Waals surface area (Å²) in [6, 6.07) is 9.49. The van der Waals surface area contributed by atoms with Crippen molar-refractivity contribution in [2.45, 2.75) is 26.3 Å². The van der Waals surface area contributed by atoms with Gasteiger partial charge in [-0.2, -0.15) is 5.26 Å². The smallest absolute Gasteiger partial charge is 0.255 e. The number of carbonyl (C=O) groups excluding carboxylic acids is 1. The van der Waals surface area contributed by atoms with Gasteiger partial charge in [-0.25, -0.2) is 0 Å². The monoisotopic (exact) mass is 294 g/mol. The maximum Gasteiger partial charge on any atom is 0.255 e. The second kappa shape index (κ2) is 6.41. The van der Waals surface area contributed by atoms with E-state index in [9.17, 15) is 4.79 Å². The third kappa shape index (κ3) is 3.57. The van der Waals surface area contributed by atoms with Crippen LogP contribution in [-0.4, -0.2) is 23.4 Å². The molecule has 0 unspecified atom stereocenters. The van der Waals surface area contributed by atoms with Crippen LogP contribution in [0.3, 0.4) is 0 Å². The normalized spacial score (nSPS) is 10.1. The Morgan fingerprint density at radius 2 is 2.12 bits per heavy atom. The third-order valence-electron chi connectivity index (χ3n) is 2.45. The molecule has 1 aromatic carbocycles. The first kappa shape index (κ1) is 13.7. The molecular formula is C13H15BrN2O. The molecule has 0 fully saturated rings. The fourth-order valence-corrected chi connectivity index (χ4v) is 2.01. The van der Waals surface area contributed by atoms with Crippen LogP contribution in [0.1, 0.15) is 30.6 Å². The average Bonchev–Trinajstić information content (AvgIpc) is 2.29. The van der Waals surface area contributed by atoms with Gasteiger partial charge in [0, 0.05) is 17.1 Å². The summed E-state index contributed by atoms with van der Waals surface area (Å²) in [5.74, 6) is -0.0391. The summed E-state index contributed by atoms with van der Waals surface area (Å²) >= 11 is 3.37. The van der Waals surface area contributed by atoms with Crippen molar-refractivity contribution >= 4 is 21.8 Å². The highest BCUT2D eigenvalue weighted by Gasteiger charge is 2.19. The minimum atomic E-state index is -0.0391. The highest BCUT2D eigenvalue weighted by Crippen LogP contribution is 2.19. The molecule has 0 aliphatic heterocycles. The van der Waals surface area contributed by atoms with Crippen LogP contribution in [0.5, 0.6) is 0 Å². The number of amides is 1. The Kier molecular flexibility index (Phi) is 5.17. The summed E-state index contributed by atoms with van der Waals surface area (Å²) in [5, 5.41) is 8.61. The lowest BCUT2D eigenvalue weighted by molar-refractivity contribution is 0.0709. The van der Waals surface area contributed by atoms with Crippen molar-refractivity contribution in [2.24, 2.45) is 0 Å². The molecular weight excluding hydrogens is 280 g/mol. The zero-order chi connectivity index (χ0) is 12.8. The standard InChI is InChI=1S/C13H15BrN2O/c1-10(2)16(9-5-8-15)13(17)11-6-3-4-7-12(11)14/h3-4,6-7,10H,5,9H2,1-2H3. The molecule has 0 atom stereocenters. The Bertz CT molecular complexity index is 437. The lowest BCUT2D eigenvalue weighted by atomic mass is 10.1. The van der Waals surface area contributed by atoms with Gasteiger partial charge in [0.05, 0.1) is 18.1 Å². The Hall–Kier alpha value is -1.34. The van der Waals surface area contributed by atoms with Gasteiger partial charge in [0.15, 0.2) is 0 Å². The van der Waals surface area contributed by atoms with Gasteiger partial charge >= 0.3 is 0 Å². The molecule has 0 saturated carbocycles. The van der Waals surface area contributed by atoms with Gasteiger partial charge < -0.3 is 4.90 Å². The topological polar surface area (TPSA) is 44.1 Å². The lowest BCUT2D eigenvalue weighted by Crippen LogP contribution is -2.37. The van der Waals surface area contributed by atoms with E-state index in [1.54, 1.807) is 11.0 Å². The van der Waals surface area contributed by atoms with Gasteiger partial charge in [-0.3, -0.25) is 4.79 Å². The predicted octanol–water partition coefficient (Wildman–Crippen LogP) is 3.21. The molecule has 0 aliphatic carbocycles. The molecule has 17 heavy (non-hydrogen) atoms. The van der Waals surface area contributed by atoms with E-state index in [1.165, 1.54) is 0 Å². The third-order valence-corrected chi connectivity index (χ3v) is 3.14. The van der Waals surface area contributed by atoms with E-state index in [0.717, 1.165) is 4.47 Å². The zero-order valence-corrected chi connectivity index (χ0v) is 11.6. The zero-order valence-electron chi connectivity index (χ0n) is 9.98. The first-order valence-electron chi connectivity index (χ1n) is 5.50. The molecule has 0 heterocycles. The number of halogens is 1. The molecule has 1 amide bonds. The number of hydrogen-bond acceptors (Lipinski definition) is 2. The van der Waals surface area contributed by atoms with Gasteiger partial charge in [0.1, 0.15) is 0 Å². The summed E-state index contributed by atoms with van der Waals surface area (Å²) < 4.78 is 0.785. The maximum atomic E-state index is 12.3. The average molecular weight is 295 g/mol. The minimum absolute atomic E-state index is 0.0391. The van der Waals surface area contributed by atoms with Gasteiger partial charge in [-0.15, -0.1) is 0 Å². The van der Waals surface area contributed by atoms with Crippen molar-refractivity contribution in [1.82, 2.24) is 4.90 Å². The van der Waals surface area contributed by atoms with Crippen molar-refractivity contribution in [2.75, 3.05) is 6.54 Å². The van der Waals surface area contributed by atoms with Crippen molar-refractivity contribution in [3.8, 4) is 6.07 Å². The number of carbonyl (C=O) groups is 1. The molecule has 0 N–H and O–H groups in total. The second-order valence-electron chi connectivity index (χ2n) is 3.98. The fraction of sp³-hybridized carbons (Fsp3) is 0.385. The minimum Gasteiger partial charge on any atom is -0.335 e. The Balaban J connectivity index is 2.93. The van der Waals surface area contributed by atoms with Crippen LogP contribution in [0.25, 0.3) is 0 Å². The highest BCUT2D eigenvalue weighted by molar-refractivity contribution is 9.10. The van der Waals surface area contributed by atoms with E-state index >= 15 is 0 Å². The molecule has 1 rings (SSSR count). The van der Waals surface area contributed by atoms with Gasteiger partial charge in [0.2, 0.25) is 0 Å². The van der Waals surface area contributed by atoms with E-state index in [2.05, 4.69) is 22.0 Å². The van der Waals surface area contributed by atoms with Crippen LogP contribution in [0.15, 0.2) is 28.7 Å². The van der Waals surface area contributed by atoms with Crippen LogP contribution in [0, 0.1) is 11.3 Å². The largest absolute Gasteiger partial charge is 0.335 e. The Morgan fingerprint density at radius 1 is 1.47 bits per heavy atom. The maximum absolute atomic E-state index is 12.3. The van der Waals surface area contributed by atoms with Crippen molar-refractivity contribution in [3.05, 3.63) is 34.3 Å². The molecule has 0 radical (unpaired) electrons. The van der Waals surface area contributed by atoms with E-state index in [4.69, 9.17) is 5.26 Å². The summed E-state index contributed by atoms with van der Waals surface area (Å²) in [6.07, 6.45) is 0.356. The van der Waals surface area contributed by atoms with E-state index < -0.39 is 0 Å². The number of rotatable bonds is 4. The summed E-state index contributed by atoms with van der Waals surface area (Å²) in [4.78, 5) is 14.0. The molecule has 0 aromatic heterocycles. The second-order valence-corrected chi connectivity index (χ2v) is 4.83. The first-order chi connectivity index (χ1) is 8.07. The van der Waals surface area contributed by atoms with Crippen molar-refractivity contribution < 1.29 is 4.79 Å². The van der Waals surface area contributed by atoms with Crippen LogP contribution >= 0.6 is 15.9 Å². The molecule has 0 aliphatic rings. The Labute approximate surface area is 110 Å². The first-order valence-corrected chi connectivity index (χ1v) is 6.29. The molecule has 4 heteroatoms. The predicted molar refractivity (Wildman–Crippen MR) is 70.5 cm³/mol. The van der Waals surface area contributed by atoms with Crippen molar-refractivity contribution in [3.63, 3.8) is 0 Å². The molecule has 0 spiro atoms. The van der Waals surface area contributed by atoms with Crippen LogP contribution in [0.2, 0.25) is 0 Å². The lowest BCUT2D eigenvalue weighted by Gasteiger charge is -2.26. The van der Waals surface area contributed by atoms with Crippen molar-refractivity contribution in [1.29, 1.82) is 5.26 Å². The van der Waals surface area contributed by atoms with Crippen LogP contribution in [-0.2, 0) is 0 Å². The molecule has 0 saturated heterocycles. The SMILES string of the molecule is CC(C)N(CCC#N)C(=O)c1ccccc1Br. The van der Waals surface area contributed by atoms with Crippen LogP contribution in [0.4, 0.5) is 0 Å². The van der Waals surface area contributed by atoms with E-state index in [-0.39, 0.29) is 11.9 Å². The summed E-state index contributed by atoms with van der Waals surface area (Å²) in [7, 11) is 0. The summed E-state index contributed by atoms with van der Waals surface area (Å²) in [6.45, 7) is 4.37. The van der Waals surface area contributed by atoms with Gasteiger partial charge in [-0.1, -0.05) is 12.1 Å². The van der Waals surface area contributed by atoms with Crippen LogP contribution < -0.4 is 0 Å². The van der Waals surface area contributed by atoms with E-state index in [0.29, 0.717) is 18.5 Å². The number of hydrogen-bond donors (Lipinski definition) is 0. The quantitative estimate of drug-likeness (QED) is 0.856. The molecule has 3 nitrogen and oxygen atoms in total. The number of benzene rings is 1. The molecule has 90 valence electrons. The Morgan fingerprint density at radius 3 is 2.65 bits per heavy atom. The number of nitrogens with zero attached hydrogens (tertiary/aromatic N) is 2. The number of nitriles is 1. The fourth-order valence-electron chi connectivity index (χ4n) is 1.55. The van der Waals surface area contributed by atoms with E-state index in [1.807, 2.05) is 32.0 Å². The highest BCUT2D eigenvalue weighted by atomic mass is 79.9.